The zero-order valence-electron chi connectivity index (χ0n) is 12.8. The number of pyridine rings is 1. The second-order valence-corrected chi connectivity index (χ2v) is 7.33. The highest BCUT2D eigenvalue weighted by Gasteiger charge is 2.06. The van der Waals surface area contributed by atoms with Crippen LogP contribution in [0.1, 0.15) is 11.3 Å². The van der Waals surface area contributed by atoms with E-state index in [1.54, 1.807) is 24.3 Å². The van der Waals surface area contributed by atoms with E-state index in [-0.39, 0.29) is 6.54 Å². The maximum atomic E-state index is 12.0. The molecule has 0 amide bonds. The Kier molecular flexibility index (Phi) is 4.99. The van der Waals surface area contributed by atoms with Crippen LogP contribution in [0.4, 0.5) is 0 Å². The van der Waals surface area contributed by atoms with Gasteiger partial charge in [0.2, 0.25) is 10.0 Å². The molecular formula is C17H16ClN3O2S. The second-order valence-electron chi connectivity index (χ2n) is 5.24. The molecule has 0 bridgehead atoms. The summed E-state index contributed by atoms with van der Waals surface area (Å²) in [5.74, 6) is 0. The number of halogens is 1. The first-order chi connectivity index (χ1) is 11.5. The number of imidazole rings is 1. The van der Waals surface area contributed by atoms with Crippen molar-refractivity contribution in [2.75, 3.05) is 6.54 Å². The largest absolute Gasteiger partial charge is 0.307 e. The number of rotatable bonds is 6. The van der Waals surface area contributed by atoms with E-state index in [1.165, 1.54) is 6.08 Å². The fourth-order valence-electron chi connectivity index (χ4n) is 2.22. The van der Waals surface area contributed by atoms with E-state index in [0.29, 0.717) is 11.4 Å². The van der Waals surface area contributed by atoms with E-state index in [4.69, 9.17) is 11.6 Å². The van der Waals surface area contributed by atoms with Crippen molar-refractivity contribution in [1.29, 1.82) is 0 Å². The molecule has 1 aromatic carbocycles. The molecule has 24 heavy (non-hydrogen) atoms. The molecule has 3 aromatic rings. The Morgan fingerprint density at radius 3 is 2.71 bits per heavy atom. The van der Waals surface area contributed by atoms with E-state index in [2.05, 4.69) is 9.71 Å². The van der Waals surface area contributed by atoms with Gasteiger partial charge >= 0.3 is 0 Å². The van der Waals surface area contributed by atoms with Gasteiger partial charge in [-0.25, -0.2) is 18.1 Å². The molecule has 0 atom stereocenters. The lowest BCUT2D eigenvalue weighted by molar-refractivity contribution is 0.591. The Hall–Kier alpha value is -2.15. The molecule has 0 aliphatic rings. The van der Waals surface area contributed by atoms with Crippen LogP contribution in [0.15, 0.2) is 60.3 Å². The van der Waals surface area contributed by atoms with Crippen molar-refractivity contribution in [3.63, 3.8) is 0 Å². The number of hydrogen-bond donors (Lipinski definition) is 1. The van der Waals surface area contributed by atoms with E-state index in [1.807, 2.05) is 35.0 Å². The van der Waals surface area contributed by atoms with Gasteiger partial charge in [-0.05, 0) is 35.9 Å². The van der Waals surface area contributed by atoms with Gasteiger partial charge in [-0.15, -0.1) is 0 Å². The summed E-state index contributed by atoms with van der Waals surface area (Å²) in [6, 6.07) is 12.7. The maximum Gasteiger partial charge on any atom is 0.233 e. The van der Waals surface area contributed by atoms with Crippen LogP contribution >= 0.6 is 11.6 Å². The first kappa shape index (κ1) is 16.7. The van der Waals surface area contributed by atoms with Crippen LogP contribution in [0.3, 0.4) is 0 Å². The van der Waals surface area contributed by atoms with Crippen LogP contribution in [-0.4, -0.2) is 24.3 Å². The number of sulfonamides is 1. The Morgan fingerprint density at radius 2 is 1.96 bits per heavy atom. The number of nitrogens with one attached hydrogen (secondary N) is 1. The number of nitrogens with zero attached hydrogens (tertiary/aromatic N) is 2. The lowest BCUT2D eigenvalue weighted by atomic mass is 10.2. The van der Waals surface area contributed by atoms with Crippen LogP contribution in [0, 0.1) is 0 Å². The molecule has 2 heterocycles. The van der Waals surface area contributed by atoms with E-state index >= 15 is 0 Å². The molecular weight excluding hydrogens is 346 g/mol. The third-order valence-electron chi connectivity index (χ3n) is 3.41. The van der Waals surface area contributed by atoms with Crippen LogP contribution in [-0.2, 0) is 16.4 Å². The van der Waals surface area contributed by atoms with Crippen LogP contribution in [0.25, 0.3) is 11.7 Å². The number of benzene rings is 1. The molecule has 1 N–H and O–H groups in total. The lowest BCUT2D eigenvalue weighted by Gasteiger charge is -2.01. The van der Waals surface area contributed by atoms with Crippen molar-refractivity contribution in [1.82, 2.24) is 14.1 Å². The van der Waals surface area contributed by atoms with Gasteiger partial charge in [0.25, 0.3) is 0 Å². The van der Waals surface area contributed by atoms with Crippen molar-refractivity contribution in [2.24, 2.45) is 0 Å². The smallest absolute Gasteiger partial charge is 0.233 e. The Morgan fingerprint density at radius 1 is 1.17 bits per heavy atom. The standard InChI is InChI=1S/C17H16ClN3O2S/c18-15-6-4-14(5-7-15)9-12-24(22,23)19-10-8-16-13-21-11-2-1-3-17(21)20-16/h1-7,9,11-13,19H,8,10H2. The topological polar surface area (TPSA) is 63.5 Å². The molecule has 7 heteroatoms. The molecule has 2 aromatic heterocycles. The van der Waals surface area contributed by atoms with Gasteiger partial charge in [0.05, 0.1) is 5.69 Å². The highest BCUT2D eigenvalue weighted by Crippen LogP contribution is 2.11. The summed E-state index contributed by atoms with van der Waals surface area (Å²) >= 11 is 5.80. The monoisotopic (exact) mass is 361 g/mol. The Bertz CT molecular complexity index is 930. The van der Waals surface area contributed by atoms with Gasteiger partial charge in [0.1, 0.15) is 5.65 Å². The second kappa shape index (κ2) is 7.17. The summed E-state index contributed by atoms with van der Waals surface area (Å²) in [6.07, 6.45) is 5.86. The first-order valence-electron chi connectivity index (χ1n) is 7.38. The highest BCUT2D eigenvalue weighted by atomic mass is 35.5. The van der Waals surface area contributed by atoms with Gasteiger partial charge in [-0.1, -0.05) is 29.8 Å². The van der Waals surface area contributed by atoms with E-state index in [0.717, 1.165) is 22.3 Å². The van der Waals surface area contributed by atoms with Crippen LogP contribution in [0.5, 0.6) is 0 Å². The SMILES string of the molecule is O=S(=O)(C=Cc1ccc(Cl)cc1)NCCc1cn2ccccc2n1. The summed E-state index contributed by atoms with van der Waals surface area (Å²) in [6.45, 7) is 0.289. The van der Waals surface area contributed by atoms with E-state index in [9.17, 15) is 8.42 Å². The molecule has 0 fully saturated rings. The summed E-state index contributed by atoms with van der Waals surface area (Å²) < 4.78 is 28.4. The van der Waals surface area contributed by atoms with Crippen molar-refractivity contribution >= 4 is 33.3 Å². The summed E-state index contributed by atoms with van der Waals surface area (Å²) in [5, 5.41) is 1.76. The van der Waals surface area contributed by atoms with Gasteiger partial charge in [0.15, 0.2) is 0 Å². The molecule has 0 aliphatic carbocycles. The maximum absolute atomic E-state index is 12.0. The molecule has 0 saturated carbocycles. The quantitative estimate of drug-likeness (QED) is 0.733. The Balaban J connectivity index is 1.57. The highest BCUT2D eigenvalue weighted by molar-refractivity contribution is 7.92. The fraction of sp³-hybridized carbons (Fsp3) is 0.118. The zero-order valence-corrected chi connectivity index (χ0v) is 14.3. The lowest BCUT2D eigenvalue weighted by Crippen LogP contribution is -2.23. The average molecular weight is 362 g/mol. The predicted octanol–water partition coefficient (Wildman–Crippen LogP) is 3.12. The van der Waals surface area contributed by atoms with Crippen LogP contribution < -0.4 is 4.72 Å². The van der Waals surface area contributed by atoms with Gasteiger partial charge in [-0.2, -0.15) is 0 Å². The fourth-order valence-corrected chi connectivity index (χ4v) is 3.16. The average Bonchev–Trinajstić information content (AvgIpc) is 2.97. The minimum Gasteiger partial charge on any atom is -0.307 e. The normalized spacial score (nSPS) is 12.2. The molecule has 0 saturated heterocycles. The predicted molar refractivity (Wildman–Crippen MR) is 96.3 cm³/mol. The van der Waals surface area contributed by atoms with Gasteiger partial charge in [0, 0.05) is 35.8 Å². The minimum absolute atomic E-state index is 0.289. The van der Waals surface area contributed by atoms with Crippen molar-refractivity contribution in [3.8, 4) is 0 Å². The summed E-state index contributed by atoms with van der Waals surface area (Å²) in [4.78, 5) is 4.43. The third-order valence-corrected chi connectivity index (χ3v) is 4.76. The molecule has 0 aliphatic heterocycles. The summed E-state index contributed by atoms with van der Waals surface area (Å²) in [5.41, 5.74) is 2.45. The molecule has 0 unspecified atom stereocenters. The molecule has 5 nitrogen and oxygen atoms in total. The van der Waals surface area contributed by atoms with Gasteiger partial charge < -0.3 is 4.40 Å². The van der Waals surface area contributed by atoms with Crippen molar-refractivity contribution in [2.45, 2.75) is 6.42 Å². The Labute approximate surface area is 145 Å². The number of fused-ring (bicyclic) bond motifs is 1. The number of hydrogen-bond acceptors (Lipinski definition) is 3. The third kappa shape index (κ3) is 4.44. The summed E-state index contributed by atoms with van der Waals surface area (Å²) in [7, 11) is -3.49. The van der Waals surface area contributed by atoms with E-state index < -0.39 is 10.0 Å². The number of aromatic nitrogens is 2. The van der Waals surface area contributed by atoms with Crippen molar-refractivity contribution < 1.29 is 8.42 Å². The molecule has 3 rings (SSSR count). The van der Waals surface area contributed by atoms with Crippen molar-refractivity contribution in [3.05, 3.63) is 76.5 Å². The molecule has 124 valence electrons. The molecule has 0 spiro atoms. The van der Waals surface area contributed by atoms with Gasteiger partial charge in [-0.3, -0.25) is 0 Å². The minimum atomic E-state index is -3.49. The zero-order chi connectivity index (χ0) is 17.0. The molecule has 0 radical (unpaired) electrons. The first-order valence-corrected chi connectivity index (χ1v) is 9.30. The van der Waals surface area contributed by atoms with Crippen LogP contribution in [0.2, 0.25) is 5.02 Å².